The Morgan fingerprint density at radius 3 is 2.60 bits per heavy atom. The lowest BCUT2D eigenvalue weighted by Crippen LogP contribution is -2.52. The molecule has 112 valence electrons. The van der Waals surface area contributed by atoms with Crippen LogP contribution in [0.2, 0.25) is 0 Å². The summed E-state index contributed by atoms with van der Waals surface area (Å²) in [5, 5.41) is 3.45. The van der Waals surface area contributed by atoms with E-state index in [1.165, 1.54) is 12.0 Å². The van der Waals surface area contributed by atoms with Gasteiger partial charge in [0.25, 0.3) is 0 Å². The van der Waals surface area contributed by atoms with Gasteiger partial charge in [0.1, 0.15) is 5.82 Å². The Labute approximate surface area is 121 Å². The summed E-state index contributed by atoms with van der Waals surface area (Å²) in [6.07, 6.45) is 2.15. The minimum atomic E-state index is -0.166. The van der Waals surface area contributed by atoms with E-state index in [2.05, 4.69) is 29.2 Å². The largest absolute Gasteiger partial charge is 0.315 e. The molecule has 1 aromatic carbocycles. The molecule has 0 saturated carbocycles. The minimum absolute atomic E-state index is 0.166. The molecule has 1 fully saturated rings. The molecule has 2 rings (SSSR count). The van der Waals surface area contributed by atoms with Crippen LogP contribution >= 0.6 is 0 Å². The van der Waals surface area contributed by atoms with E-state index < -0.39 is 0 Å². The van der Waals surface area contributed by atoms with E-state index in [-0.39, 0.29) is 5.82 Å². The van der Waals surface area contributed by atoms with Crippen LogP contribution in [0.15, 0.2) is 24.3 Å². The molecule has 1 aliphatic rings. The molecule has 0 aliphatic carbocycles. The van der Waals surface area contributed by atoms with Crippen LogP contribution in [-0.2, 0) is 6.42 Å². The van der Waals surface area contributed by atoms with Gasteiger partial charge >= 0.3 is 0 Å². The molecule has 20 heavy (non-hydrogen) atoms. The molecule has 1 aliphatic heterocycles. The highest BCUT2D eigenvalue weighted by atomic mass is 19.1. The maximum Gasteiger partial charge on any atom is 0.123 e. The molecular weight excluding hydrogens is 253 g/mol. The van der Waals surface area contributed by atoms with Gasteiger partial charge in [0.15, 0.2) is 0 Å². The summed E-state index contributed by atoms with van der Waals surface area (Å²) in [7, 11) is 6.42. The third kappa shape index (κ3) is 4.01. The minimum Gasteiger partial charge on any atom is -0.315 e. The SMILES string of the molecule is CNC(Cc1ccc(F)cc1)C1CN(C)CCCN1C. The monoisotopic (exact) mass is 279 g/mol. The average Bonchev–Trinajstić information content (AvgIpc) is 2.60. The van der Waals surface area contributed by atoms with Crippen molar-refractivity contribution in [1.29, 1.82) is 0 Å². The summed E-state index contributed by atoms with van der Waals surface area (Å²) in [5.74, 6) is -0.166. The first kappa shape index (κ1) is 15.4. The van der Waals surface area contributed by atoms with Crippen molar-refractivity contribution in [2.75, 3.05) is 40.8 Å². The topological polar surface area (TPSA) is 18.5 Å². The van der Waals surface area contributed by atoms with Crippen molar-refractivity contribution in [1.82, 2.24) is 15.1 Å². The highest BCUT2D eigenvalue weighted by Crippen LogP contribution is 2.15. The molecule has 1 N–H and O–H groups in total. The first-order chi connectivity index (χ1) is 9.60. The van der Waals surface area contributed by atoms with Crippen LogP contribution in [0.5, 0.6) is 0 Å². The second-order valence-corrected chi connectivity index (χ2v) is 5.89. The van der Waals surface area contributed by atoms with Gasteiger partial charge in [-0.15, -0.1) is 0 Å². The van der Waals surface area contributed by atoms with Gasteiger partial charge in [-0.2, -0.15) is 0 Å². The predicted molar refractivity (Wildman–Crippen MR) is 81.5 cm³/mol. The number of halogens is 1. The van der Waals surface area contributed by atoms with Gasteiger partial charge in [-0.25, -0.2) is 4.39 Å². The van der Waals surface area contributed by atoms with Crippen molar-refractivity contribution >= 4 is 0 Å². The fourth-order valence-corrected chi connectivity index (χ4v) is 3.05. The van der Waals surface area contributed by atoms with Crippen LogP contribution in [0.3, 0.4) is 0 Å². The summed E-state index contributed by atoms with van der Waals surface area (Å²) in [5.41, 5.74) is 1.19. The van der Waals surface area contributed by atoms with E-state index in [1.807, 2.05) is 19.2 Å². The van der Waals surface area contributed by atoms with Crippen molar-refractivity contribution in [3.8, 4) is 0 Å². The fraction of sp³-hybridized carbons (Fsp3) is 0.625. The Hall–Kier alpha value is -0.970. The molecule has 1 saturated heterocycles. The molecule has 0 bridgehead atoms. The van der Waals surface area contributed by atoms with Gasteiger partial charge in [-0.05, 0) is 64.8 Å². The second kappa shape index (κ2) is 7.16. The van der Waals surface area contributed by atoms with Gasteiger partial charge < -0.3 is 15.1 Å². The number of hydrogen-bond donors (Lipinski definition) is 1. The van der Waals surface area contributed by atoms with Crippen molar-refractivity contribution in [3.05, 3.63) is 35.6 Å². The summed E-state index contributed by atoms with van der Waals surface area (Å²) >= 11 is 0. The van der Waals surface area contributed by atoms with Crippen molar-refractivity contribution in [3.63, 3.8) is 0 Å². The smallest absolute Gasteiger partial charge is 0.123 e. The van der Waals surface area contributed by atoms with Crippen molar-refractivity contribution in [2.24, 2.45) is 0 Å². The molecule has 0 aromatic heterocycles. The van der Waals surface area contributed by atoms with Gasteiger partial charge in [0.2, 0.25) is 0 Å². The van der Waals surface area contributed by atoms with E-state index in [4.69, 9.17) is 0 Å². The second-order valence-electron chi connectivity index (χ2n) is 5.89. The Morgan fingerprint density at radius 1 is 1.25 bits per heavy atom. The molecule has 3 nitrogen and oxygen atoms in total. The highest BCUT2D eigenvalue weighted by molar-refractivity contribution is 5.18. The number of rotatable bonds is 4. The van der Waals surface area contributed by atoms with Crippen LogP contribution in [0, 0.1) is 5.82 Å². The highest BCUT2D eigenvalue weighted by Gasteiger charge is 2.27. The molecule has 4 heteroatoms. The molecule has 2 unspecified atom stereocenters. The summed E-state index contributed by atoms with van der Waals surface area (Å²) in [6.45, 7) is 3.37. The number of benzene rings is 1. The summed E-state index contributed by atoms with van der Waals surface area (Å²) < 4.78 is 13.0. The number of nitrogens with zero attached hydrogens (tertiary/aromatic N) is 2. The summed E-state index contributed by atoms with van der Waals surface area (Å²) in [4.78, 5) is 4.86. The van der Waals surface area contributed by atoms with E-state index >= 15 is 0 Å². The quantitative estimate of drug-likeness (QED) is 0.903. The normalized spacial score (nSPS) is 23.5. The van der Waals surface area contributed by atoms with Crippen LogP contribution in [0.1, 0.15) is 12.0 Å². The van der Waals surface area contributed by atoms with E-state index in [0.717, 1.165) is 26.1 Å². The molecule has 2 atom stereocenters. The lowest BCUT2D eigenvalue weighted by Gasteiger charge is -2.34. The molecule has 0 radical (unpaired) electrons. The first-order valence-corrected chi connectivity index (χ1v) is 7.40. The van der Waals surface area contributed by atoms with E-state index in [0.29, 0.717) is 12.1 Å². The van der Waals surface area contributed by atoms with E-state index in [9.17, 15) is 4.39 Å². The molecule has 0 amide bonds. The molecule has 0 spiro atoms. The fourth-order valence-electron chi connectivity index (χ4n) is 3.05. The molecular formula is C16H26FN3. The lowest BCUT2D eigenvalue weighted by molar-refractivity contribution is 0.181. The zero-order valence-electron chi connectivity index (χ0n) is 12.8. The van der Waals surface area contributed by atoms with Gasteiger partial charge in [0.05, 0.1) is 0 Å². The number of hydrogen-bond acceptors (Lipinski definition) is 3. The maximum absolute atomic E-state index is 13.0. The lowest BCUT2D eigenvalue weighted by atomic mass is 9.98. The standard InChI is InChI=1S/C16H26FN3/c1-18-15(11-13-5-7-14(17)8-6-13)16-12-19(2)9-4-10-20(16)3/h5-8,15-16,18H,4,9-12H2,1-3H3. The average molecular weight is 279 g/mol. The third-order valence-corrected chi connectivity index (χ3v) is 4.32. The van der Waals surface area contributed by atoms with Crippen LogP contribution in [-0.4, -0.2) is 62.7 Å². The zero-order chi connectivity index (χ0) is 14.5. The Morgan fingerprint density at radius 2 is 1.95 bits per heavy atom. The van der Waals surface area contributed by atoms with E-state index in [1.54, 1.807) is 12.1 Å². The Balaban J connectivity index is 2.07. The van der Waals surface area contributed by atoms with Gasteiger partial charge in [-0.3, -0.25) is 0 Å². The Kier molecular flexibility index (Phi) is 5.52. The van der Waals surface area contributed by atoms with Crippen molar-refractivity contribution < 1.29 is 4.39 Å². The zero-order valence-corrected chi connectivity index (χ0v) is 12.8. The number of nitrogens with one attached hydrogen (secondary N) is 1. The predicted octanol–water partition coefficient (Wildman–Crippen LogP) is 1.59. The number of likely N-dealkylation sites (N-methyl/N-ethyl adjacent to an activating group) is 3. The molecule has 1 aromatic rings. The maximum atomic E-state index is 13.0. The first-order valence-electron chi connectivity index (χ1n) is 7.40. The van der Waals surface area contributed by atoms with Crippen molar-refractivity contribution in [2.45, 2.75) is 24.9 Å². The van der Waals surface area contributed by atoms with Crippen LogP contribution in [0.25, 0.3) is 0 Å². The van der Waals surface area contributed by atoms with Gasteiger partial charge in [-0.1, -0.05) is 12.1 Å². The summed E-state index contributed by atoms with van der Waals surface area (Å²) in [6, 6.07) is 7.74. The van der Waals surface area contributed by atoms with Crippen LogP contribution in [0.4, 0.5) is 4.39 Å². The van der Waals surface area contributed by atoms with Gasteiger partial charge in [0, 0.05) is 18.6 Å². The third-order valence-electron chi connectivity index (χ3n) is 4.32. The Bertz CT molecular complexity index is 407. The van der Waals surface area contributed by atoms with Crippen LogP contribution < -0.4 is 5.32 Å². The molecule has 1 heterocycles.